The quantitative estimate of drug-likeness (QED) is 0.0529. The molecule has 4 aromatic carbocycles. The third kappa shape index (κ3) is 17.8. The van der Waals surface area contributed by atoms with Gasteiger partial charge in [-0.2, -0.15) is 0 Å². The summed E-state index contributed by atoms with van der Waals surface area (Å²) in [5.74, 6) is 0.102. The number of hydrogen-bond acceptors (Lipinski definition) is 13. The van der Waals surface area contributed by atoms with Gasteiger partial charge in [-0.3, -0.25) is 38.8 Å². The zero-order valence-corrected chi connectivity index (χ0v) is 49.8. The van der Waals surface area contributed by atoms with E-state index in [0.717, 1.165) is 33.4 Å². The number of rotatable bonds is 23. The predicted molar refractivity (Wildman–Crippen MR) is 309 cm³/mol. The minimum atomic E-state index is -1.29. The molecule has 2 N–H and O–H groups in total. The SMILES string of the molecule is CC(=O)C(C)(C)OC(=O)N1CCc2cc(OCc3ccccc3)ccc2C1C(=O)NCCN(C(C)C)C(C)C.COC(=O)C(C)(C)COC(=O)N1CCc2cc(OCc3ccccc3)ccc2C1C(=O)NCCN(C(C)C)C(C)C. The number of esters is 1. The van der Waals surface area contributed by atoms with E-state index < -0.39 is 41.3 Å². The summed E-state index contributed by atoms with van der Waals surface area (Å²) < 4.78 is 28.0. The Morgan fingerprint density at radius 3 is 1.36 bits per heavy atom. The van der Waals surface area contributed by atoms with Crippen molar-refractivity contribution in [2.45, 2.75) is 158 Å². The number of ether oxygens (including phenoxy) is 5. The van der Waals surface area contributed by atoms with Crippen LogP contribution in [0.1, 0.15) is 135 Å². The van der Waals surface area contributed by atoms with Crippen LogP contribution < -0.4 is 20.1 Å². The molecular formula is C63H88N6O11. The van der Waals surface area contributed by atoms with Crippen LogP contribution in [0.5, 0.6) is 11.5 Å². The number of ketones is 1. The van der Waals surface area contributed by atoms with Gasteiger partial charge in [0.05, 0.1) is 12.5 Å². The minimum absolute atomic E-state index is 0.166. The minimum Gasteiger partial charge on any atom is -0.489 e. The van der Waals surface area contributed by atoms with Crippen LogP contribution >= 0.6 is 0 Å². The van der Waals surface area contributed by atoms with Crippen molar-refractivity contribution < 1.29 is 52.5 Å². The molecular weight excluding hydrogens is 1020 g/mol. The molecule has 80 heavy (non-hydrogen) atoms. The molecule has 0 radical (unpaired) electrons. The Hall–Kier alpha value is -6.98. The van der Waals surface area contributed by atoms with E-state index in [1.165, 1.54) is 23.8 Å². The Morgan fingerprint density at radius 1 is 0.588 bits per heavy atom. The highest BCUT2D eigenvalue weighted by Crippen LogP contribution is 2.36. The van der Waals surface area contributed by atoms with Crippen LogP contribution in [0.25, 0.3) is 0 Å². The summed E-state index contributed by atoms with van der Waals surface area (Å²) in [5, 5.41) is 6.08. The number of carbonyl (C=O) groups excluding carboxylic acids is 6. The zero-order chi connectivity index (χ0) is 58.9. The van der Waals surface area contributed by atoms with Gasteiger partial charge in [0.25, 0.3) is 0 Å². The van der Waals surface area contributed by atoms with Crippen molar-refractivity contribution in [3.8, 4) is 11.5 Å². The maximum atomic E-state index is 13.7. The van der Waals surface area contributed by atoms with E-state index in [1.54, 1.807) is 27.7 Å². The second kappa shape index (κ2) is 29.5. The van der Waals surface area contributed by atoms with Gasteiger partial charge in [-0.15, -0.1) is 0 Å². The van der Waals surface area contributed by atoms with E-state index in [0.29, 0.717) is 87.9 Å². The van der Waals surface area contributed by atoms with Crippen molar-refractivity contribution in [2.24, 2.45) is 5.41 Å². The van der Waals surface area contributed by atoms with E-state index in [1.807, 2.05) is 97.1 Å². The maximum absolute atomic E-state index is 13.7. The highest BCUT2D eigenvalue weighted by Gasteiger charge is 2.41. The second-order valence-electron chi connectivity index (χ2n) is 22.8. The summed E-state index contributed by atoms with van der Waals surface area (Å²) in [6.07, 6.45) is -0.267. The third-order valence-corrected chi connectivity index (χ3v) is 14.6. The fraction of sp³-hybridized carbons (Fsp3) is 0.524. The predicted octanol–water partition coefficient (Wildman–Crippen LogP) is 9.64. The summed E-state index contributed by atoms with van der Waals surface area (Å²) in [5.41, 5.74) is 3.17. The van der Waals surface area contributed by atoms with E-state index in [2.05, 4.69) is 75.8 Å². The van der Waals surface area contributed by atoms with Crippen molar-refractivity contribution in [1.82, 2.24) is 30.2 Å². The maximum Gasteiger partial charge on any atom is 0.411 e. The van der Waals surface area contributed by atoms with Crippen molar-refractivity contribution in [2.75, 3.05) is 53.0 Å². The van der Waals surface area contributed by atoms with E-state index in [9.17, 15) is 28.8 Å². The molecule has 4 amide bonds. The average Bonchev–Trinajstić information content (AvgIpc) is 3.57. The molecule has 0 saturated heterocycles. The van der Waals surface area contributed by atoms with Gasteiger partial charge in [-0.05, 0) is 160 Å². The lowest BCUT2D eigenvalue weighted by Gasteiger charge is -2.37. The summed E-state index contributed by atoms with van der Waals surface area (Å²) in [4.78, 5) is 85.4. The summed E-state index contributed by atoms with van der Waals surface area (Å²) >= 11 is 0. The number of hydrogen-bond donors (Lipinski definition) is 2. The summed E-state index contributed by atoms with van der Waals surface area (Å²) in [7, 11) is 1.30. The van der Waals surface area contributed by atoms with Gasteiger partial charge < -0.3 is 34.3 Å². The molecule has 4 aromatic rings. The van der Waals surface area contributed by atoms with Crippen molar-refractivity contribution in [3.63, 3.8) is 0 Å². The smallest absolute Gasteiger partial charge is 0.411 e. The molecule has 0 aliphatic carbocycles. The second-order valence-corrected chi connectivity index (χ2v) is 22.8. The number of benzene rings is 4. The van der Waals surface area contributed by atoms with E-state index >= 15 is 0 Å². The molecule has 0 bridgehead atoms. The van der Waals surface area contributed by atoms with Crippen LogP contribution in [-0.2, 0) is 59.4 Å². The van der Waals surface area contributed by atoms with Crippen molar-refractivity contribution >= 4 is 35.8 Å². The molecule has 2 atom stereocenters. The lowest BCUT2D eigenvalue weighted by Crippen LogP contribution is -2.51. The van der Waals surface area contributed by atoms with Crippen LogP contribution in [0.2, 0.25) is 0 Å². The monoisotopic (exact) mass is 1100 g/mol. The number of nitrogens with one attached hydrogen (secondary N) is 2. The molecule has 2 unspecified atom stereocenters. The van der Waals surface area contributed by atoms with Crippen LogP contribution in [0, 0.1) is 5.41 Å². The first-order chi connectivity index (χ1) is 37.8. The lowest BCUT2D eigenvalue weighted by atomic mass is 9.92. The normalized spacial score (nSPS) is 15.2. The number of methoxy groups -OCH3 is 1. The van der Waals surface area contributed by atoms with Gasteiger partial charge in [0.15, 0.2) is 11.4 Å². The zero-order valence-electron chi connectivity index (χ0n) is 49.8. The van der Waals surface area contributed by atoms with Crippen LogP contribution in [0.15, 0.2) is 97.1 Å². The average molecular weight is 1110 g/mol. The molecule has 17 heteroatoms. The van der Waals surface area contributed by atoms with Gasteiger partial charge in [0, 0.05) is 63.4 Å². The highest BCUT2D eigenvalue weighted by molar-refractivity contribution is 5.90. The number of nitrogens with zero attached hydrogens (tertiary/aromatic N) is 4. The highest BCUT2D eigenvalue weighted by atomic mass is 16.6. The van der Waals surface area contributed by atoms with Gasteiger partial charge in [-0.1, -0.05) is 72.8 Å². The molecule has 0 saturated carbocycles. The van der Waals surface area contributed by atoms with Crippen LogP contribution in [0.4, 0.5) is 9.59 Å². The summed E-state index contributed by atoms with van der Waals surface area (Å²) in [6, 6.07) is 30.7. The Kier molecular flexibility index (Phi) is 23.5. The molecule has 6 rings (SSSR count). The number of Topliss-reactive ketones (excluding diaryl/α,β-unsaturated/α-hetero) is 1. The first-order valence-electron chi connectivity index (χ1n) is 28.0. The van der Waals surface area contributed by atoms with Gasteiger partial charge in [0.2, 0.25) is 11.8 Å². The van der Waals surface area contributed by atoms with Gasteiger partial charge in [0.1, 0.15) is 43.4 Å². The standard InChI is InChI=1S/C32H45N3O6.C31H43N3O5/c1-22(2)34(23(3)4)18-16-33-29(36)28-27-14-13-26(40-20-24-11-9-8-10-12-24)19-25(27)15-17-35(28)31(38)41-21-32(5,6)30(37)39-7;1-21(2)33(22(3)4)18-16-32-29(36)28-27-14-13-26(38-20-24-11-9-8-10-12-24)19-25(27)15-17-34(28)30(37)39-31(6,7)23(5)35/h8-14,19,22-23,28H,15-18,20-21H2,1-7H3,(H,33,36);8-14,19,21-22,28H,15-18,20H2,1-7H3,(H,32,36). The topological polar surface area (TPSA) is 186 Å². The molecule has 0 fully saturated rings. The third-order valence-electron chi connectivity index (χ3n) is 14.6. The van der Waals surface area contributed by atoms with Crippen molar-refractivity contribution in [1.29, 1.82) is 0 Å². The fourth-order valence-corrected chi connectivity index (χ4v) is 9.87. The molecule has 17 nitrogen and oxygen atoms in total. The number of carbonyl (C=O) groups is 6. The first-order valence-corrected chi connectivity index (χ1v) is 28.0. The van der Waals surface area contributed by atoms with Crippen LogP contribution in [0.3, 0.4) is 0 Å². The molecule has 2 aliphatic heterocycles. The fourth-order valence-electron chi connectivity index (χ4n) is 9.87. The summed E-state index contributed by atoms with van der Waals surface area (Å²) in [6.45, 7) is 28.4. The Bertz CT molecular complexity index is 2680. The van der Waals surface area contributed by atoms with Gasteiger partial charge >= 0.3 is 18.2 Å². The molecule has 2 heterocycles. The van der Waals surface area contributed by atoms with Crippen molar-refractivity contribution in [3.05, 3.63) is 130 Å². The van der Waals surface area contributed by atoms with E-state index in [-0.39, 0.29) is 37.3 Å². The molecule has 436 valence electrons. The number of amides is 4. The Balaban J connectivity index is 0.000000294. The Morgan fingerprint density at radius 2 is 0.988 bits per heavy atom. The molecule has 0 aromatic heterocycles. The molecule has 0 spiro atoms. The Labute approximate surface area is 475 Å². The van der Waals surface area contributed by atoms with Crippen LogP contribution in [-0.4, -0.2) is 138 Å². The largest absolute Gasteiger partial charge is 0.489 e. The van der Waals surface area contributed by atoms with E-state index in [4.69, 9.17) is 23.7 Å². The lowest BCUT2D eigenvalue weighted by molar-refractivity contribution is -0.153. The molecule has 2 aliphatic rings. The first kappa shape index (κ1) is 63.8. The number of fused-ring (bicyclic) bond motifs is 2. The van der Waals surface area contributed by atoms with Gasteiger partial charge in [-0.25, -0.2) is 9.59 Å².